The Hall–Kier alpha value is -2.30. The van der Waals surface area contributed by atoms with Crippen LogP contribution in [-0.2, 0) is 4.79 Å². The van der Waals surface area contributed by atoms with E-state index in [1.165, 1.54) is 12.8 Å². The lowest BCUT2D eigenvalue weighted by molar-refractivity contribution is -0.110. The quantitative estimate of drug-likeness (QED) is 0.749. The molecule has 1 saturated carbocycles. The monoisotopic (exact) mass is 357 g/mol. The van der Waals surface area contributed by atoms with Gasteiger partial charge in [0.1, 0.15) is 6.29 Å². The Kier molecular flexibility index (Phi) is 5.96. The van der Waals surface area contributed by atoms with Gasteiger partial charge in [-0.2, -0.15) is 0 Å². The molecule has 0 aliphatic heterocycles. The highest BCUT2D eigenvalue weighted by Crippen LogP contribution is 2.34. The fraction of sp³-hybridized carbons (Fsp3) is 0.524. The van der Waals surface area contributed by atoms with Gasteiger partial charge in [0.2, 0.25) is 0 Å². The zero-order valence-electron chi connectivity index (χ0n) is 15.5. The molecule has 0 radical (unpaired) electrons. The van der Waals surface area contributed by atoms with Crippen molar-refractivity contribution in [2.45, 2.75) is 58.0 Å². The molecule has 0 bridgehead atoms. The predicted octanol–water partition coefficient (Wildman–Crippen LogP) is 4.02. The Morgan fingerprint density at radius 1 is 1.23 bits per heavy atom. The van der Waals surface area contributed by atoms with Gasteiger partial charge in [-0.15, -0.1) is 0 Å². The molecule has 5 nitrogen and oxygen atoms in total. The first-order valence-corrected chi connectivity index (χ1v) is 9.49. The lowest BCUT2D eigenvalue weighted by Gasteiger charge is -2.17. The van der Waals surface area contributed by atoms with Crippen LogP contribution in [0.25, 0.3) is 0 Å². The average Bonchev–Trinajstić information content (AvgIpc) is 3.30. The fourth-order valence-electron chi connectivity index (χ4n) is 3.93. The third-order valence-corrected chi connectivity index (χ3v) is 5.37. The number of carbonyl (C=O) groups excluding carboxylic acids is 2. The number of benzene rings is 1. The summed E-state index contributed by atoms with van der Waals surface area (Å²) >= 11 is 0. The molecule has 3 rings (SSSR count). The summed E-state index contributed by atoms with van der Waals surface area (Å²) in [4.78, 5) is 23.9. The molecule has 1 atom stereocenters. The van der Waals surface area contributed by atoms with Crippen LogP contribution in [0.3, 0.4) is 0 Å². The first-order valence-electron chi connectivity index (χ1n) is 9.49. The molecule has 26 heavy (non-hydrogen) atoms. The molecule has 2 aliphatic carbocycles. The van der Waals surface area contributed by atoms with Crippen LogP contribution in [-0.4, -0.2) is 25.4 Å². The third kappa shape index (κ3) is 3.92. The summed E-state index contributed by atoms with van der Waals surface area (Å²) in [6.07, 6.45) is 7.91. The van der Waals surface area contributed by atoms with Crippen molar-refractivity contribution in [3.63, 3.8) is 0 Å². The Morgan fingerprint density at radius 2 is 2.00 bits per heavy atom. The maximum absolute atomic E-state index is 12.7. The van der Waals surface area contributed by atoms with Crippen LogP contribution in [0.4, 0.5) is 0 Å². The number of aldehydes is 1. The van der Waals surface area contributed by atoms with E-state index >= 15 is 0 Å². The second-order valence-corrected chi connectivity index (χ2v) is 6.98. The Bertz CT molecular complexity index is 704. The average molecular weight is 357 g/mol. The van der Waals surface area contributed by atoms with Crippen LogP contribution in [0.5, 0.6) is 11.5 Å². The lowest BCUT2D eigenvalue weighted by atomic mass is 10.0. The molecule has 5 heteroatoms. The summed E-state index contributed by atoms with van der Waals surface area (Å²) < 4.78 is 11.5. The van der Waals surface area contributed by atoms with Crippen molar-refractivity contribution in [2.24, 2.45) is 5.92 Å². The number of carbonyl (C=O) groups is 2. The van der Waals surface area contributed by atoms with Gasteiger partial charge in [0.05, 0.1) is 13.2 Å². The highest BCUT2D eigenvalue weighted by Gasteiger charge is 2.25. The summed E-state index contributed by atoms with van der Waals surface area (Å²) in [5.41, 5.74) is 2.48. The van der Waals surface area contributed by atoms with Crippen molar-refractivity contribution in [3.8, 4) is 11.5 Å². The lowest BCUT2D eigenvalue weighted by Crippen LogP contribution is -2.23. The maximum atomic E-state index is 12.7. The Morgan fingerprint density at radius 3 is 2.65 bits per heavy atom. The van der Waals surface area contributed by atoms with Gasteiger partial charge in [-0.05, 0) is 68.7 Å². The van der Waals surface area contributed by atoms with Crippen molar-refractivity contribution >= 4 is 12.2 Å². The van der Waals surface area contributed by atoms with Crippen molar-refractivity contribution in [2.75, 3.05) is 7.11 Å². The Labute approximate surface area is 154 Å². The van der Waals surface area contributed by atoms with E-state index in [0.29, 0.717) is 17.1 Å². The van der Waals surface area contributed by atoms with Crippen LogP contribution < -0.4 is 14.8 Å². The number of hydrogen-bond acceptors (Lipinski definition) is 4. The van der Waals surface area contributed by atoms with Crippen molar-refractivity contribution in [3.05, 3.63) is 35.0 Å². The van der Waals surface area contributed by atoms with Crippen LogP contribution in [0.15, 0.2) is 29.5 Å². The molecule has 1 N–H and O–H groups in total. The minimum absolute atomic E-state index is 0.0626. The molecule has 140 valence electrons. The molecule has 1 amide bonds. The topological polar surface area (TPSA) is 64.6 Å². The summed E-state index contributed by atoms with van der Waals surface area (Å²) in [6.45, 7) is 2.02. The van der Waals surface area contributed by atoms with E-state index in [4.69, 9.17) is 9.47 Å². The largest absolute Gasteiger partial charge is 0.493 e. The van der Waals surface area contributed by atoms with Gasteiger partial charge in [0.25, 0.3) is 5.91 Å². The van der Waals surface area contributed by atoms with Gasteiger partial charge in [-0.25, -0.2) is 0 Å². The molecule has 1 unspecified atom stereocenters. The van der Waals surface area contributed by atoms with Gasteiger partial charge in [0.15, 0.2) is 11.5 Å². The molecule has 2 aliphatic rings. The van der Waals surface area contributed by atoms with Crippen molar-refractivity contribution < 1.29 is 19.1 Å². The van der Waals surface area contributed by atoms with E-state index in [-0.39, 0.29) is 17.9 Å². The fourth-order valence-corrected chi connectivity index (χ4v) is 3.93. The smallest absolute Gasteiger partial charge is 0.255 e. The molecular weight excluding hydrogens is 330 g/mol. The number of ether oxygens (including phenoxy) is 2. The molecule has 0 spiro atoms. The van der Waals surface area contributed by atoms with E-state index in [2.05, 4.69) is 5.32 Å². The predicted molar refractivity (Wildman–Crippen MR) is 99.4 cm³/mol. The third-order valence-electron chi connectivity index (χ3n) is 5.37. The summed E-state index contributed by atoms with van der Waals surface area (Å²) in [5, 5.41) is 3.00. The minimum Gasteiger partial charge on any atom is -0.493 e. The SMILES string of the molecule is CCC1=C(NC(=O)c2ccc(OC)c(OC3CCCC3)c2)CCC1C=O. The van der Waals surface area contributed by atoms with Gasteiger partial charge < -0.3 is 19.6 Å². The highest BCUT2D eigenvalue weighted by atomic mass is 16.5. The number of allylic oxidation sites excluding steroid dienone is 2. The van der Waals surface area contributed by atoms with E-state index in [1.54, 1.807) is 25.3 Å². The maximum Gasteiger partial charge on any atom is 0.255 e. The molecule has 1 aromatic rings. The number of methoxy groups -OCH3 is 1. The molecular formula is C21H27NO4. The van der Waals surface area contributed by atoms with E-state index in [1.807, 2.05) is 6.92 Å². The van der Waals surface area contributed by atoms with Crippen LogP contribution in [0.2, 0.25) is 0 Å². The molecule has 1 fully saturated rings. The van der Waals surface area contributed by atoms with Gasteiger partial charge in [0, 0.05) is 17.2 Å². The van der Waals surface area contributed by atoms with E-state index in [0.717, 1.165) is 49.7 Å². The standard InChI is InChI=1S/C21H27NO4/c1-3-17-15(13-23)8-10-18(17)22-21(24)14-9-11-19(25-2)20(12-14)26-16-6-4-5-7-16/h9,11-13,15-16H,3-8,10H2,1-2H3,(H,22,24). The summed E-state index contributed by atoms with van der Waals surface area (Å²) in [6, 6.07) is 5.27. The van der Waals surface area contributed by atoms with Gasteiger partial charge in [-0.3, -0.25) is 4.79 Å². The first kappa shape index (κ1) is 18.5. The van der Waals surface area contributed by atoms with Crippen LogP contribution in [0.1, 0.15) is 62.2 Å². The molecule has 1 aromatic carbocycles. The summed E-state index contributed by atoms with van der Waals surface area (Å²) in [5.74, 6) is 1.03. The van der Waals surface area contributed by atoms with Gasteiger partial charge in [-0.1, -0.05) is 6.92 Å². The van der Waals surface area contributed by atoms with Crippen molar-refractivity contribution in [1.29, 1.82) is 0 Å². The zero-order chi connectivity index (χ0) is 18.5. The molecule has 0 saturated heterocycles. The Balaban J connectivity index is 1.77. The normalized spacial score (nSPS) is 20.3. The number of nitrogens with one attached hydrogen (secondary N) is 1. The second-order valence-electron chi connectivity index (χ2n) is 6.98. The minimum atomic E-state index is -0.170. The first-order chi connectivity index (χ1) is 12.7. The number of rotatable bonds is 7. The summed E-state index contributed by atoms with van der Waals surface area (Å²) in [7, 11) is 1.60. The van der Waals surface area contributed by atoms with Crippen molar-refractivity contribution in [1.82, 2.24) is 5.32 Å². The zero-order valence-corrected chi connectivity index (χ0v) is 15.5. The number of amides is 1. The highest BCUT2D eigenvalue weighted by molar-refractivity contribution is 5.96. The van der Waals surface area contributed by atoms with Crippen LogP contribution in [0, 0.1) is 5.92 Å². The van der Waals surface area contributed by atoms with E-state index in [9.17, 15) is 9.59 Å². The molecule has 0 heterocycles. The molecule has 0 aromatic heterocycles. The van der Waals surface area contributed by atoms with E-state index < -0.39 is 0 Å². The second kappa shape index (κ2) is 8.39. The number of hydrogen-bond donors (Lipinski definition) is 1. The van der Waals surface area contributed by atoms with Crippen LogP contribution >= 0.6 is 0 Å². The van der Waals surface area contributed by atoms with Gasteiger partial charge >= 0.3 is 0 Å².